The number of nitrogens with one attached hydrogen (secondary N) is 2. The van der Waals surface area contributed by atoms with Crippen molar-refractivity contribution in [3.63, 3.8) is 0 Å². The van der Waals surface area contributed by atoms with E-state index in [2.05, 4.69) is 25.4 Å². The first-order chi connectivity index (χ1) is 17.6. The number of benzene rings is 1. The van der Waals surface area contributed by atoms with Crippen LogP contribution in [0.5, 0.6) is 0 Å². The molecule has 0 radical (unpaired) electrons. The number of hydrogen-bond donors (Lipinski definition) is 2. The summed E-state index contributed by atoms with van der Waals surface area (Å²) in [5.41, 5.74) is 2.62. The Balaban J connectivity index is 1.55. The topological polar surface area (TPSA) is 93.7 Å². The van der Waals surface area contributed by atoms with Crippen LogP contribution in [-0.2, 0) is 4.79 Å². The maximum Gasteiger partial charge on any atom is 0.251 e. The largest absolute Gasteiger partial charge is 0.352 e. The minimum Gasteiger partial charge on any atom is -0.352 e. The molecule has 2 aromatic rings. The van der Waals surface area contributed by atoms with Gasteiger partial charge in [-0.15, -0.1) is 0 Å². The SMILES string of the molecule is Cc1cc(C(=O)NCCCN(C)C)ccc1Nc1ncc2c(n1)N(C1CCCC1)CC(C)(C)C(=O)N2C. The second-order valence-electron chi connectivity index (χ2n) is 11.3. The number of anilines is 4. The first-order valence-electron chi connectivity index (χ1n) is 13.3. The molecule has 4 rings (SSSR count). The summed E-state index contributed by atoms with van der Waals surface area (Å²) in [5.74, 6) is 1.28. The number of fused-ring (bicyclic) bond motifs is 1. The summed E-state index contributed by atoms with van der Waals surface area (Å²) in [4.78, 5) is 41.4. The Labute approximate surface area is 220 Å². The lowest BCUT2D eigenvalue weighted by Crippen LogP contribution is -2.45. The second kappa shape index (κ2) is 11.0. The van der Waals surface area contributed by atoms with Crippen molar-refractivity contribution in [2.75, 3.05) is 55.9 Å². The minimum absolute atomic E-state index is 0.0720. The third-order valence-electron chi connectivity index (χ3n) is 7.40. The van der Waals surface area contributed by atoms with Crippen molar-refractivity contribution in [2.24, 2.45) is 5.41 Å². The van der Waals surface area contributed by atoms with E-state index in [9.17, 15) is 9.59 Å². The highest BCUT2D eigenvalue weighted by Crippen LogP contribution is 2.40. The van der Waals surface area contributed by atoms with Gasteiger partial charge in [-0.25, -0.2) is 4.98 Å². The maximum atomic E-state index is 13.2. The molecule has 9 heteroatoms. The van der Waals surface area contributed by atoms with Gasteiger partial charge < -0.3 is 25.3 Å². The third-order valence-corrected chi connectivity index (χ3v) is 7.40. The van der Waals surface area contributed by atoms with Gasteiger partial charge in [0, 0.05) is 37.4 Å². The normalized spacial score (nSPS) is 17.6. The zero-order valence-corrected chi connectivity index (χ0v) is 23.1. The predicted octanol–water partition coefficient (Wildman–Crippen LogP) is 3.96. The van der Waals surface area contributed by atoms with Crippen LogP contribution in [0.25, 0.3) is 0 Å². The highest BCUT2D eigenvalue weighted by atomic mass is 16.2. The summed E-state index contributed by atoms with van der Waals surface area (Å²) in [7, 11) is 5.86. The minimum atomic E-state index is -0.523. The maximum absolute atomic E-state index is 13.2. The van der Waals surface area contributed by atoms with Gasteiger partial charge in [-0.05, 0) is 84.4 Å². The average Bonchev–Trinajstić information content (AvgIpc) is 3.38. The predicted molar refractivity (Wildman–Crippen MR) is 149 cm³/mol. The van der Waals surface area contributed by atoms with Crippen molar-refractivity contribution in [2.45, 2.75) is 58.9 Å². The summed E-state index contributed by atoms with van der Waals surface area (Å²) in [6.07, 6.45) is 7.27. The van der Waals surface area contributed by atoms with Crippen LogP contribution >= 0.6 is 0 Å². The molecule has 200 valence electrons. The van der Waals surface area contributed by atoms with Gasteiger partial charge in [-0.2, -0.15) is 4.98 Å². The van der Waals surface area contributed by atoms with Crippen LogP contribution < -0.4 is 20.4 Å². The van der Waals surface area contributed by atoms with E-state index in [0.29, 0.717) is 30.6 Å². The Hall–Kier alpha value is -3.20. The van der Waals surface area contributed by atoms with E-state index < -0.39 is 5.41 Å². The molecule has 1 fully saturated rings. The number of hydrogen-bond acceptors (Lipinski definition) is 7. The fraction of sp³-hybridized carbons (Fsp3) is 0.571. The fourth-order valence-corrected chi connectivity index (χ4v) is 5.29. The lowest BCUT2D eigenvalue weighted by molar-refractivity contribution is -0.125. The highest BCUT2D eigenvalue weighted by molar-refractivity contribution is 6.01. The van der Waals surface area contributed by atoms with Gasteiger partial charge >= 0.3 is 0 Å². The third kappa shape index (κ3) is 6.04. The van der Waals surface area contributed by atoms with Gasteiger partial charge in [-0.3, -0.25) is 9.59 Å². The number of amides is 2. The van der Waals surface area contributed by atoms with Gasteiger partial charge in [0.05, 0.1) is 11.6 Å². The number of aryl methyl sites for hydroxylation is 1. The van der Waals surface area contributed by atoms with Crippen LogP contribution in [0.15, 0.2) is 24.4 Å². The van der Waals surface area contributed by atoms with E-state index in [4.69, 9.17) is 4.98 Å². The smallest absolute Gasteiger partial charge is 0.251 e. The molecule has 1 aromatic heterocycles. The van der Waals surface area contributed by atoms with Gasteiger partial charge in [0.25, 0.3) is 5.91 Å². The molecule has 2 N–H and O–H groups in total. The summed E-state index contributed by atoms with van der Waals surface area (Å²) in [5, 5.41) is 6.33. The van der Waals surface area contributed by atoms with Gasteiger partial charge in [0.1, 0.15) is 5.69 Å². The molecule has 0 saturated heterocycles. The molecule has 1 saturated carbocycles. The second-order valence-corrected chi connectivity index (χ2v) is 11.3. The van der Waals surface area contributed by atoms with Gasteiger partial charge in [0.2, 0.25) is 11.9 Å². The molecule has 2 heterocycles. The van der Waals surface area contributed by atoms with Crippen LogP contribution in [0, 0.1) is 12.3 Å². The molecule has 9 nitrogen and oxygen atoms in total. The lowest BCUT2D eigenvalue weighted by Gasteiger charge is -2.34. The molecule has 0 atom stereocenters. The number of rotatable bonds is 8. The van der Waals surface area contributed by atoms with Crippen molar-refractivity contribution in [1.82, 2.24) is 20.2 Å². The van der Waals surface area contributed by atoms with E-state index in [1.807, 2.05) is 60.1 Å². The van der Waals surface area contributed by atoms with Gasteiger partial charge in [0.15, 0.2) is 5.82 Å². The number of carbonyl (C=O) groups excluding carboxylic acids is 2. The van der Waals surface area contributed by atoms with Crippen LogP contribution in [0.1, 0.15) is 61.9 Å². The summed E-state index contributed by atoms with van der Waals surface area (Å²) >= 11 is 0. The molecule has 1 aliphatic carbocycles. The van der Waals surface area contributed by atoms with E-state index in [1.54, 1.807) is 11.1 Å². The monoisotopic (exact) mass is 507 g/mol. The van der Waals surface area contributed by atoms with E-state index in [0.717, 1.165) is 48.6 Å². The zero-order chi connectivity index (χ0) is 26.7. The van der Waals surface area contributed by atoms with Crippen LogP contribution in [0.3, 0.4) is 0 Å². The van der Waals surface area contributed by atoms with Crippen LogP contribution in [0.4, 0.5) is 23.1 Å². The Morgan fingerprint density at radius 2 is 1.95 bits per heavy atom. The molecular weight excluding hydrogens is 466 g/mol. The zero-order valence-electron chi connectivity index (χ0n) is 23.1. The van der Waals surface area contributed by atoms with E-state index in [1.165, 1.54) is 12.8 Å². The Kier molecular flexibility index (Phi) is 8.02. The Morgan fingerprint density at radius 1 is 1.22 bits per heavy atom. The molecule has 37 heavy (non-hydrogen) atoms. The van der Waals surface area contributed by atoms with Crippen LogP contribution in [-0.4, -0.2) is 73.5 Å². The molecule has 2 amide bonds. The standard InChI is InChI=1S/C28H41N7O2/c1-19-16-20(25(36)29-14-9-15-33(4)5)12-13-22(19)31-27-30-17-23-24(32-27)35(21-10-7-8-11-21)18-28(2,3)26(37)34(23)6/h12-13,16-17,21H,7-11,14-15,18H2,1-6H3,(H,29,36)(H,30,31,32). The van der Waals surface area contributed by atoms with Crippen molar-refractivity contribution >= 4 is 35.0 Å². The average molecular weight is 508 g/mol. The quantitative estimate of drug-likeness (QED) is 0.523. The van der Waals surface area contributed by atoms with Crippen molar-refractivity contribution in [1.29, 1.82) is 0 Å². The van der Waals surface area contributed by atoms with Crippen molar-refractivity contribution in [3.05, 3.63) is 35.5 Å². The fourth-order valence-electron chi connectivity index (χ4n) is 5.29. The van der Waals surface area contributed by atoms with E-state index >= 15 is 0 Å². The molecule has 0 unspecified atom stereocenters. The van der Waals surface area contributed by atoms with Crippen molar-refractivity contribution in [3.8, 4) is 0 Å². The number of carbonyl (C=O) groups is 2. The molecule has 2 aliphatic rings. The summed E-state index contributed by atoms with van der Waals surface area (Å²) in [6, 6.07) is 5.97. The Morgan fingerprint density at radius 3 is 2.62 bits per heavy atom. The van der Waals surface area contributed by atoms with E-state index in [-0.39, 0.29) is 11.8 Å². The molecular formula is C28H41N7O2. The summed E-state index contributed by atoms with van der Waals surface area (Å²) < 4.78 is 0. The number of aromatic nitrogens is 2. The first-order valence-corrected chi connectivity index (χ1v) is 13.3. The first kappa shape index (κ1) is 26.9. The Bertz CT molecular complexity index is 1140. The van der Waals surface area contributed by atoms with Crippen LogP contribution in [0.2, 0.25) is 0 Å². The number of nitrogens with zero attached hydrogens (tertiary/aromatic N) is 5. The highest BCUT2D eigenvalue weighted by Gasteiger charge is 2.41. The summed E-state index contributed by atoms with van der Waals surface area (Å²) in [6.45, 7) is 8.19. The lowest BCUT2D eigenvalue weighted by atomic mass is 9.91. The molecule has 0 spiro atoms. The molecule has 1 aromatic carbocycles. The van der Waals surface area contributed by atoms with Gasteiger partial charge in [-0.1, -0.05) is 12.8 Å². The molecule has 0 bridgehead atoms. The van der Waals surface area contributed by atoms with Crippen molar-refractivity contribution < 1.29 is 9.59 Å². The molecule has 1 aliphatic heterocycles.